The van der Waals surface area contributed by atoms with Crippen LogP contribution in [0.2, 0.25) is 0 Å². The number of aromatic carboxylic acids is 1. The highest BCUT2D eigenvalue weighted by Gasteiger charge is 2.15. The molecule has 0 fully saturated rings. The number of nitrogens with one attached hydrogen (secondary N) is 3. The minimum atomic E-state index is -1.16. The first kappa shape index (κ1) is 12.9. The maximum Gasteiger partial charge on any atom is 0.336 e. The Balaban J connectivity index is 2.82. The summed E-state index contributed by atoms with van der Waals surface area (Å²) in [5, 5.41) is 11.7. The molecule has 1 rings (SSSR count). The van der Waals surface area contributed by atoms with Crippen LogP contribution in [0, 0.1) is 0 Å². The van der Waals surface area contributed by atoms with Gasteiger partial charge in [-0.1, -0.05) is 12.1 Å². The zero-order chi connectivity index (χ0) is 12.8. The van der Waals surface area contributed by atoms with E-state index in [-0.39, 0.29) is 16.2 Å². The van der Waals surface area contributed by atoms with E-state index in [1.807, 2.05) is 0 Å². The van der Waals surface area contributed by atoms with Gasteiger partial charge in [-0.05, 0) is 24.4 Å². The third-order valence-corrected chi connectivity index (χ3v) is 2.22. The SMILES string of the molecule is CNC(=S)NNC(=O)c1ccccc1C(=O)O. The van der Waals surface area contributed by atoms with Gasteiger partial charge in [0.25, 0.3) is 5.91 Å². The number of carboxylic acid groups (broad SMARTS) is 1. The number of thiocarbonyl (C=S) groups is 1. The molecule has 0 aromatic heterocycles. The van der Waals surface area contributed by atoms with Crippen molar-refractivity contribution in [1.29, 1.82) is 0 Å². The first-order chi connectivity index (χ1) is 8.06. The first-order valence-electron chi connectivity index (χ1n) is 4.66. The van der Waals surface area contributed by atoms with E-state index in [2.05, 4.69) is 16.2 Å². The molecule has 1 aromatic carbocycles. The Kier molecular flexibility index (Phi) is 4.41. The zero-order valence-corrected chi connectivity index (χ0v) is 9.80. The average Bonchev–Trinajstić information content (AvgIpc) is 2.35. The molecule has 0 saturated carbocycles. The van der Waals surface area contributed by atoms with Gasteiger partial charge in [0.15, 0.2) is 5.11 Å². The van der Waals surface area contributed by atoms with E-state index in [1.165, 1.54) is 12.1 Å². The minimum absolute atomic E-state index is 0.0615. The lowest BCUT2D eigenvalue weighted by Crippen LogP contribution is -2.45. The summed E-state index contributed by atoms with van der Waals surface area (Å²) in [5.41, 5.74) is 4.71. The highest BCUT2D eigenvalue weighted by molar-refractivity contribution is 7.80. The van der Waals surface area contributed by atoms with Crippen molar-refractivity contribution in [3.63, 3.8) is 0 Å². The number of carboxylic acids is 1. The zero-order valence-electron chi connectivity index (χ0n) is 8.98. The minimum Gasteiger partial charge on any atom is -0.478 e. The van der Waals surface area contributed by atoms with Gasteiger partial charge < -0.3 is 10.4 Å². The summed E-state index contributed by atoms with van der Waals surface area (Å²) in [7, 11) is 1.59. The van der Waals surface area contributed by atoms with Gasteiger partial charge in [0.1, 0.15) is 0 Å². The molecule has 0 spiro atoms. The van der Waals surface area contributed by atoms with Crippen LogP contribution in [0.3, 0.4) is 0 Å². The van der Waals surface area contributed by atoms with E-state index in [0.29, 0.717) is 0 Å². The second kappa shape index (κ2) is 5.80. The summed E-state index contributed by atoms with van der Waals surface area (Å²) in [6, 6.07) is 5.90. The molecule has 0 saturated heterocycles. The van der Waals surface area contributed by atoms with Crippen LogP contribution in [0.4, 0.5) is 0 Å². The second-order valence-corrected chi connectivity index (χ2v) is 3.42. The molecule has 0 unspecified atom stereocenters. The maximum absolute atomic E-state index is 11.7. The van der Waals surface area contributed by atoms with E-state index in [9.17, 15) is 9.59 Å². The van der Waals surface area contributed by atoms with Crippen molar-refractivity contribution in [2.45, 2.75) is 0 Å². The molecule has 0 bridgehead atoms. The lowest BCUT2D eigenvalue weighted by atomic mass is 10.1. The molecule has 7 heteroatoms. The van der Waals surface area contributed by atoms with E-state index < -0.39 is 11.9 Å². The summed E-state index contributed by atoms with van der Waals surface area (Å²) in [4.78, 5) is 22.5. The number of rotatable bonds is 2. The number of carbonyl (C=O) groups excluding carboxylic acids is 1. The number of benzene rings is 1. The molecule has 90 valence electrons. The molecule has 17 heavy (non-hydrogen) atoms. The number of carbonyl (C=O) groups is 2. The Hall–Kier alpha value is -2.15. The Labute approximate surface area is 103 Å². The first-order valence-corrected chi connectivity index (χ1v) is 5.07. The van der Waals surface area contributed by atoms with Crippen LogP contribution in [0.5, 0.6) is 0 Å². The fourth-order valence-electron chi connectivity index (χ4n) is 1.11. The largest absolute Gasteiger partial charge is 0.478 e. The van der Waals surface area contributed by atoms with Gasteiger partial charge in [0, 0.05) is 7.05 Å². The van der Waals surface area contributed by atoms with Gasteiger partial charge >= 0.3 is 5.97 Å². The molecular formula is C10H11N3O3S. The maximum atomic E-state index is 11.7. The van der Waals surface area contributed by atoms with Gasteiger partial charge in [-0.15, -0.1) is 0 Å². The lowest BCUT2D eigenvalue weighted by molar-refractivity contribution is 0.0691. The fraction of sp³-hybridized carbons (Fsp3) is 0.100. The van der Waals surface area contributed by atoms with Gasteiger partial charge in [0.05, 0.1) is 11.1 Å². The van der Waals surface area contributed by atoms with Crippen molar-refractivity contribution in [3.8, 4) is 0 Å². The van der Waals surface area contributed by atoms with Crippen molar-refractivity contribution in [2.75, 3.05) is 7.05 Å². The number of hydrazine groups is 1. The standard InChI is InChI=1S/C10H11N3O3S/c1-11-10(17)13-12-8(14)6-4-2-3-5-7(6)9(15)16/h2-5H,1H3,(H,12,14)(H,15,16)(H2,11,13,17). The van der Waals surface area contributed by atoms with Crippen molar-refractivity contribution in [3.05, 3.63) is 35.4 Å². The molecule has 6 nitrogen and oxygen atoms in total. The monoisotopic (exact) mass is 253 g/mol. The summed E-state index contributed by atoms with van der Waals surface area (Å²) in [5.74, 6) is -1.73. The van der Waals surface area contributed by atoms with Gasteiger partial charge in [0.2, 0.25) is 0 Å². The number of hydrogen-bond donors (Lipinski definition) is 4. The van der Waals surface area contributed by atoms with Crippen LogP contribution in [0.1, 0.15) is 20.7 Å². The van der Waals surface area contributed by atoms with Crippen molar-refractivity contribution >= 4 is 29.2 Å². The van der Waals surface area contributed by atoms with Gasteiger partial charge in [-0.2, -0.15) is 0 Å². The molecule has 1 aromatic rings. The Bertz CT molecular complexity index is 462. The third-order valence-electron chi connectivity index (χ3n) is 1.92. The van der Waals surface area contributed by atoms with Crippen LogP contribution in [-0.2, 0) is 0 Å². The van der Waals surface area contributed by atoms with Crippen LogP contribution < -0.4 is 16.2 Å². The van der Waals surface area contributed by atoms with Crippen LogP contribution in [0.25, 0.3) is 0 Å². The predicted octanol–water partition coefficient (Wildman–Crippen LogP) is 0.123. The topological polar surface area (TPSA) is 90.5 Å². The summed E-state index contributed by atoms with van der Waals surface area (Å²) in [6.07, 6.45) is 0. The molecule has 0 radical (unpaired) electrons. The van der Waals surface area contributed by atoms with E-state index in [0.717, 1.165) is 0 Å². The average molecular weight is 253 g/mol. The van der Waals surface area contributed by atoms with Crippen LogP contribution in [-0.4, -0.2) is 29.1 Å². The molecule has 4 N–H and O–H groups in total. The molecular weight excluding hydrogens is 242 g/mol. The fourth-order valence-corrected chi connectivity index (χ4v) is 1.16. The highest BCUT2D eigenvalue weighted by Crippen LogP contribution is 2.07. The summed E-state index contributed by atoms with van der Waals surface area (Å²) < 4.78 is 0. The van der Waals surface area contributed by atoms with E-state index >= 15 is 0 Å². The predicted molar refractivity (Wildman–Crippen MR) is 65.7 cm³/mol. The van der Waals surface area contributed by atoms with Crippen molar-refractivity contribution in [2.24, 2.45) is 0 Å². The molecule has 0 aliphatic heterocycles. The quantitative estimate of drug-likeness (QED) is 0.442. The smallest absolute Gasteiger partial charge is 0.336 e. The number of hydrogen-bond acceptors (Lipinski definition) is 3. The molecule has 0 heterocycles. The Morgan fingerprint density at radius 1 is 1.18 bits per heavy atom. The Morgan fingerprint density at radius 3 is 2.29 bits per heavy atom. The van der Waals surface area contributed by atoms with Crippen molar-refractivity contribution in [1.82, 2.24) is 16.2 Å². The molecule has 0 aliphatic rings. The lowest BCUT2D eigenvalue weighted by Gasteiger charge is -2.10. The van der Waals surface area contributed by atoms with E-state index in [4.69, 9.17) is 17.3 Å². The molecule has 1 amide bonds. The van der Waals surface area contributed by atoms with Crippen LogP contribution >= 0.6 is 12.2 Å². The Morgan fingerprint density at radius 2 is 1.76 bits per heavy atom. The molecule has 0 aliphatic carbocycles. The third kappa shape index (κ3) is 3.42. The summed E-state index contributed by atoms with van der Waals surface area (Å²) >= 11 is 4.75. The van der Waals surface area contributed by atoms with Gasteiger partial charge in [-0.3, -0.25) is 15.6 Å². The normalized spacial score (nSPS) is 9.24. The molecule has 0 atom stereocenters. The highest BCUT2D eigenvalue weighted by atomic mass is 32.1. The number of amides is 1. The van der Waals surface area contributed by atoms with Crippen molar-refractivity contribution < 1.29 is 14.7 Å². The van der Waals surface area contributed by atoms with E-state index in [1.54, 1.807) is 19.2 Å². The van der Waals surface area contributed by atoms with Crippen LogP contribution in [0.15, 0.2) is 24.3 Å². The van der Waals surface area contributed by atoms with Gasteiger partial charge in [-0.25, -0.2) is 4.79 Å². The summed E-state index contributed by atoms with van der Waals surface area (Å²) in [6.45, 7) is 0. The second-order valence-electron chi connectivity index (χ2n) is 3.01.